The Morgan fingerprint density at radius 2 is 1.58 bits per heavy atom. The van der Waals surface area contributed by atoms with Crippen LogP contribution in [0.15, 0.2) is 78.9 Å². The first-order valence-corrected chi connectivity index (χ1v) is 7.69. The molecule has 0 bridgehead atoms. The largest absolute Gasteiger partial charge is 0.466 e. The molecule has 0 radical (unpaired) electrons. The van der Waals surface area contributed by atoms with Gasteiger partial charge in [0.25, 0.3) is 5.91 Å². The first kappa shape index (κ1) is 14.3. The van der Waals surface area contributed by atoms with Crippen molar-refractivity contribution in [1.82, 2.24) is 5.32 Å². The highest BCUT2D eigenvalue weighted by molar-refractivity contribution is 5.97. The summed E-state index contributed by atoms with van der Waals surface area (Å²) in [7, 11) is 0. The second-order valence-electron chi connectivity index (χ2n) is 5.46. The quantitative estimate of drug-likeness (QED) is 0.783. The van der Waals surface area contributed by atoms with Gasteiger partial charge in [-0.05, 0) is 36.4 Å². The van der Waals surface area contributed by atoms with Crippen LogP contribution in [-0.2, 0) is 0 Å². The fraction of sp³-hybridized carbons (Fsp3) is 0.0500. The molecular formula is C20H15NO3. The number of fused-ring (bicyclic) bond motifs is 1. The Bertz CT molecular complexity index is 877. The lowest BCUT2D eigenvalue weighted by Gasteiger charge is -2.27. The standard InChI is InChI=1S/C20H15NO3/c22-19-17-11-4-5-12-18(17)24-20(21-19)14-7-6-10-16(13-14)23-15-8-2-1-3-9-15/h1-13,20H,(H,21,22). The fourth-order valence-electron chi connectivity index (χ4n) is 2.63. The molecule has 118 valence electrons. The van der Waals surface area contributed by atoms with E-state index in [1.54, 1.807) is 12.1 Å². The number of ether oxygens (including phenoxy) is 2. The third-order valence-corrected chi connectivity index (χ3v) is 3.78. The highest BCUT2D eigenvalue weighted by Crippen LogP contribution is 2.31. The topological polar surface area (TPSA) is 47.6 Å². The molecule has 3 aromatic carbocycles. The summed E-state index contributed by atoms with van der Waals surface area (Å²) in [5, 5.41) is 2.86. The molecule has 24 heavy (non-hydrogen) atoms. The Morgan fingerprint density at radius 3 is 2.46 bits per heavy atom. The van der Waals surface area contributed by atoms with Gasteiger partial charge in [0, 0.05) is 5.56 Å². The molecule has 1 atom stereocenters. The van der Waals surface area contributed by atoms with Crippen molar-refractivity contribution in [3.63, 3.8) is 0 Å². The highest BCUT2D eigenvalue weighted by atomic mass is 16.5. The van der Waals surface area contributed by atoms with Gasteiger partial charge in [-0.15, -0.1) is 0 Å². The van der Waals surface area contributed by atoms with Crippen molar-refractivity contribution in [2.24, 2.45) is 0 Å². The summed E-state index contributed by atoms with van der Waals surface area (Å²) in [6.45, 7) is 0. The van der Waals surface area contributed by atoms with Gasteiger partial charge in [0.2, 0.25) is 0 Å². The fourth-order valence-corrected chi connectivity index (χ4v) is 2.63. The predicted molar refractivity (Wildman–Crippen MR) is 90.2 cm³/mol. The van der Waals surface area contributed by atoms with E-state index in [1.807, 2.05) is 66.7 Å². The van der Waals surface area contributed by atoms with Gasteiger partial charge >= 0.3 is 0 Å². The average Bonchev–Trinajstić information content (AvgIpc) is 2.63. The monoisotopic (exact) mass is 317 g/mol. The number of nitrogens with one attached hydrogen (secondary N) is 1. The van der Waals surface area contributed by atoms with Crippen molar-refractivity contribution in [2.75, 3.05) is 0 Å². The zero-order valence-electron chi connectivity index (χ0n) is 12.8. The molecule has 1 aliphatic heterocycles. The molecule has 4 rings (SSSR count). The van der Waals surface area contributed by atoms with Crippen LogP contribution in [0.3, 0.4) is 0 Å². The van der Waals surface area contributed by atoms with Crippen molar-refractivity contribution < 1.29 is 14.3 Å². The normalized spacial score (nSPS) is 15.8. The maximum atomic E-state index is 12.2. The van der Waals surface area contributed by atoms with E-state index >= 15 is 0 Å². The zero-order valence-corrected chi connectivity index (χ0v) is 12.8. The summed E-state index contributed by atoms with van der Waals surface area (Å²) < 4.78 is 11.7. The lowest BCUT2D eigenvalue weighted by Crippen LogP contribution is -2.36. The van der Waals surface area contributed by atoms with Gasteiger partial charge in [-0.2, -0.15) is 0 Å². The van der Waals surface area contributed by atoms with Crippen molar-refractivity contribution in [3.8, 4) is 17.2 Å². The van der Waals surface area contributed by atoms with E-state index in [-0.39, 0.29) is 5.91 Å². The van der Waals surface area contributed by atoms with Crippen molar-refractivity contribution >= 4 is 5.91 Å². The van der Waals surface area contributed by atoms with E-state index in [0.717, 1.165) is 11.3 Å². The minimum Gasteiger partial charge on any atom is -0.466 e. The van der Waals surface area contributed by atoms with E-state index in [9.17, 15) is 4.79 Å². The zero-order chi connectivity index (χ0) is 16.4. The highest BCUT2D eigenvalue weighted by Gasteiger charge is 2.26. The van der Waals surface area contributed by atoms with Crippen LogP contribution in [0.5, 0.6) is 17.2 Å². The van der Waals surface area contributed by atoms with E-state index < -0.39 is 6.23 Å². The summed E-state index contributed by atoms with van der Waals surface area (Å²) >= 11 is 0. The van der Waals surface area contributed by atoms with Crippen LogP contribution in [0.4, 0.5) is 0 Å². The minimum atomic E-state index is -0.535. The van der Waals surface area contributed by atoms with Crippen LogP contribution in [0.2, 0.25) is 0 Å². The van der Waals surface area contributed by atoms with Crippen LogP contribution >= 0.6 is 0 Å². The summed E-state index contributed by atoms with van der Waals surface area (Å²) in [4.78, 5) is 12.2. The lowest BCUT2D eigenvalue weighted by molar-refractivity contribution is 0.0756. The van der Waals surface area contributed by atoms with Crippen LogP contribution < -0.4 is 14.8 Å². The van der Waals surface area contributed by atoms with E-state index in [0.29, 0.717) is 17.1 Å². The summed E-state index contributed by atoms with van der Waals surface area (Å²) in [5.74, 6) is 1.89. The molecular weight excluding hydrogens is 302 g/mol. The summed E-state index contributed by atoms with van der Waals surface area (Å²) in [6, 6.07) is 24.3. The molecule has 0 fully saturated rings. The van der Waals surface area contributed by atoms with Gasteiger partial charge in [-0.25, -0.2) is 0 Å². The molecule has 0 aromatic heterocycles. The minimum absolute atomic E-state index is 0.142. The first-order valence-electron chi connectivity index (χ1n) is 7.69. The van der Waals surface area contributed by atoms with Crippen LogP contribution in [0, 0.1) is 0 Å². The van der Waals surface area contributed by atoms with Crippen LogP contribution in [-0.4, -0.2) is 5.91 Å². The third-order valence-electron chi connectivity index (χ3n) is 3.78. The van der Waals surface area contributed by atoms with Gasteiger partial charge in [0.1, 0.15) is 17.2 Å². The molecule has 0 aliphatic carbocycles. The molecule has 4 nitrogen and oxygen atoms in total. The second kappa shape index (κ2) is 6.08. The molecule has 1 aliphatic rings. The molecule has 1 N–H and O–H groups in total. The number of para-hydroxylation sites is 2. The third kappa shape index (κ3) is 2.82. The number of benzene rings is 3. The Balaban J connectivity index is 1.59. The molecule has 4 heteroatoms. The molecule has 3 aromatic rings. The molecule has 0 saturated carbocycles. The van der Waals surface area contributed by atoms with Crippen LogP contribution in [0.1, 0.15) is 22.1 Å². The number of carbonyl (C=O) groups is 1. The Labute approximate surface area is 139 Å². The molecule has 1 unspecified atom stereocenters. The first-order chi connectivity index (χ1) is 11.8. The smallest absolute Gasteiger partial charge is 0.258 e. The van der Waals surface area contributed by atoms with E-state index in [1.165, 1.54) is 0 Å². The SMILES string of the molecule is O=C1NC(c2cccc(Oc3ccccc3)c2)Oc2ccccc21. The van der Waals surface area contributed by atoms with Crippen molar-refractivity contribution in [1.29, 1.82) is 0 Å². The predicted octanol–water partition coefficient (Wildman–Crippen LogP) is 4.30. The Morgan fingerprint density at radius 1 is 0.833 bits per heavy atom. The Hall–Kier alpha value is -3.27. The summed E-state index contributed by atoms with van der Waals surface area (Å²) in [5.41, 5.74) is 1.37. The molecule has 1 amide bonds. The van der Waals surface area contributed by atoms with Gasteiger partial charge in [-0.1, -0.05) is 42.5 Å². The number of hydrogen-bond donors (Lipinski definition) is 1. The van der Waals surface area contributed by atoms with Gasteiger partial charge in [-0.3, -0.25) is 4.79 Å². The maximum absolute atomic E-state index is 12.2. The molecule has 0 spiro atoms. The number of amides is 1. The van der Waals surface area contributed by atoms with Gasteiger partial charge in [0.15, 0.2) is 6.23 Å². The van der Waals surface area contributed by atoms with Crippen LogP contribution in [0.25, 0.3) is 0 Å². The Kier molecular flexibility index (Phi) is 3.63. The number of rotatable bonds is 3. The number of carbonyl (C=O) groups excluding carboxylic acids is 1. The summed E-state index contributed by atoms with van der Waals surface area (Å²) in [6.07, 6.45) is -0.535. The van der Waals surface area contributed by atoms with E-state index in [2.05, 4.69) is 5.32 Å². The van der Waals surface area contributed by atoms with Crippen molar-refractivity contribution in [2.45, 2.75) is 6.23 Å². The second-order valence-corrected chi connectivity index (χ2v) is 5.46. The van der Waals surface area contributed by atoms with E-state index in [4.69, 9.17) is 9.47 Å². The van der Waals surface area contributed by atoms with Crippen molar-refractivity contribution in [3.05, 3.63) is 90.0 Å². The number of hydrogen-bond acceptors (Lipinski definition) is 3. The molecule has 1 heterocycles. The average molecular weight is 317 g/mol. The van der Waals surface area contributed by atoms with Gasteiger partial charge in [0.05, 0.1) is 5.56 Å². The maximum Gasteiger partial charge on any atom is 0.258 e. The molecule has 0 saturated heterocycles. The lowest BCUT2D eigenvalue weighted by atomic mass is 10.1. The van der Waals surface area contributed by atoms with Gasteiger partial charge < -0.3 is 14.8 Å².